The molecule has 1 aromatic carbocycles. The maximum atomic E-state index is 13.5. The normalized spacial score (nSPS) is 10.6. The molecule has 2 aromatic rings. The summed E-state index contributed by atoms with van der Waals surface area (Å²) in [5.74, 6) is -3.11. The first-order valence-corrected chi connectivity index (χ1v) is 4.84. The van der Waals surface area contributed by atoms with Gasteiger partial charge in [-0.05, 0) is 18.2 Å². The van der Waals surface area contributed by atoms with Gasteiger partial charge in [0, 0.05) is 11.1 Å². The highest BCUT2D eigenvalue weighted by Crippen LogP contribution is 2.26. The Kier molecular flexibility index (Phi) is 3.10. The largest absolute Gasteiger partial charge is 0.390 e. The minimum atomic E-state index is -1.12. The maximum Gasteiger partial charge on any atom is 0.221 e. The van der Waals surface area contributed by atoms with Crippen molar-refractivity contribution in [1.82, 2.24) is 4.98 Å². The zero-order valence-corrected chi connectivity index (χ0v) is 8.62. The average molecular weight is 239 g/mol. The van der Waals surface area contributed by atoms with Gasteiger partial charge in [0.2, 0.25) is 5.95 Å². The smallest absolute Gasteiger partial charge is 0.221 e. The number of hydrogen-bond donors (Lipinski definition) is 1. The molecule has 0 spiro atoms. The lowest BCUT2D eigenvalue weighted by molar-refractivity contribution is 0.275. The molecule has 0 saturated heterocycles. The fourth-order valence-electron chi connectivity index (χ4n) is 1.47. The van der Waals surface area contributed by atoms with Crippen LogP contribution in [0.25, 0.3) is 11.1 Å². The summed E-state index contributed by atoms with van der Waals surface area (Å²) >= 11 is 0. The van der Waals surface area contributed by atoms with Crippen LogP contribution in [0.1, 0.15) is 5.69 Å². The van der Waals surface area contributed by atoms with Gasteiger partial charge in [-0.1, -0.05) is 12.1 Å². The van der Waals surface area contributed by atoms with Crippen molar-refractivity contribution in [1.29, 1.82) is 0 Å². The third-order valence-corrected chi connectivity index (χ3v) is 2.31. The van der Waals surface area contributed by atoms with Crippen LogP contribution in [0.15, 0.2) is 30.3 Å². The Bertz CT molecular complexity index is 557. The van der Waals surface area contributed by atoms with E-state index < -0.39 is 24.2 Å². The number of nitrogens with zero attached hydrogens (tertiary/aromatic N) is 1. The molecule has 0 fully saturated rings. The SMILES string of the molecule is OCc1ccc(-c2cccc(F)c2F)c(F)n1. The van der Waals surface area contributed by atoms with Crippen LogP contribution in [0.4, 0.5) is 13.2 Å². The van der Waals surface area contributed by atoms with E-state index in [2.05, 4.69) is 4.98 Å². The van der Waals surface area contributed by atoms with Gasteiger partial charge >= 0.3 is 0 Å². The summed E-state index contributed by atoms with van der Waals surface area (Å²) < 4.78 is 39.9. The van der Waals surface area contributed by atoms with Crippen molar-refractivity contribution in [2.75, 3.05) is 0 Å². The van der Waals surface area contributed by atoms with E-state index in [0.717, 1.165) is 6.07 Å². The van der Waals surface area contributed by atoms with Gasteiger partial charge in [0.05, 0.1) is 12.3 Å². The minimum absolute atomic E-state index is 0.128. The molecule has 2 rings (SSSR count). The van der Waals surface area contributed by atoms with Crippen LogP contribution < -0.4 is 0 Å². The number of pyridine rings is 1. The molecule has 1 aromatic heterocycles. The van der Waals surface area contributed by atoms with E-state index in [4.69, 9.17) is 5.11 Å². The van der Waals surface area contributed by atoms with Crippen molar-refractivity contribution in [3.05, 3.63) is 53.6 Å². The zero-order valence-electron chi connectivity index (χ0n) is 8.62. The molecule has 0 aliphatic rings. The summed E-state index contributed by atoms with van der Waals surface area (Å²) in [5, 5.41) is 8.76. The van der Waals surface area contributed by atoms with E-state index in [1.54, 1.807) is 0 Å². The molecule has 0 aliphatic carbocycles. The monoisotopic (exact) mass is 239 g/mol. The Morgan fingerprint density at radius 1 is 1.00 bits per heavy atom. The van der Waals surface area contributed by atoms with E-state index in [1.165, 1.54) is 24.3 Å². The van der Waals surface area contributed by atoms with Crippen molar-refractivity contribution in [2.45, 2.75) is 6.61 Å². The van der Waals surface area contributed by atoms with E-state index in [-0.39, 0.29) is 16.8 Å². The quantitative estimate of drug-likeness (QED) is 0.817. The molecule has 17 heavy (non-hydrogen) atoms. The molecule has 0 saturated carbocycles. The number of aliphatic hydroxyl groups is 1. The summed E-state index contributed by atoms with van der Waals surface area (Å²) in [7, 11) is 0. The molecule has 88 valence electrons. The molecular weight excluding hydrogens is 231 g/mol. The lowest BCUT2D eigenvalue weighted by Crippen LogP contribution is -1.97. The fourth-order valence-corrected chi connectivity index (χ4v) is 1.47. The third kappa shape index (κ3) is 2.14. The maximum absolute atomic E-state index is 13.5. The highest BCUT2D eigenvalue weighted by atomic mass is 19.2. The summed E-state index contributed by atoms with van der Waals surface area (Å²) in [6, 6.07) is 6.10. The molecule has 0 unspecified atom stereocenters. The van der Waals surface area contributed by atoms with E-state index in [9.17, 15) is 13.2 Å². The first kappa shape index (κ1) is 11.6. The van der Waals surface area contributed by atoms with E-state index >= 15 is 0 Å². The summed E-state index contributed by atoms with van der Waals surface area (Å²) in [6.45, 7) is -0.414. The highest BCUT2D eigenvalue weighted by molar-refractivity contribution is 5.63. The molecule has 5 heteroatoms. The van der Waals surface area contributed by atoms with Gasteiger partial charge in [-0.25, -0.2) is 13.8 Å². The van der Waals surface area contributed by atoms with Crippen molar-refractivity contribution in [2.24, 2.45) is 0 Å². The fraction of sp³-hybridized carbons (Fsp3) is 0.0833. The van der Waals surface area contributed by atoms with Gasteiger partial charge in [-0.2, -0.15) is 4.39 Å². The van der Waals surface area contributed by atoms with Crippen LogP contribution in [0.3, 0.4) is 0 Å². The Hall–Kier alpha value is -1.88. The first-order chi connectivity index (χ1) is 8.13. The second-order valence-electron chi connectivity index (χ2n) is 3.40. The standard InChI is InChI=1S/C12H8F3NO/c13-10-3-1-2-8(11(10)14)9-5-4-7(6-17)16-12(9)15/h1-5,17H,6H2. The van der Waals surface area contributed by atoms with Crippen molar-refractivity contribution in [3.8, 4) is 11.1 Å². The number of rotatable bonds is 2. The predicted molar refractivity (Wildman–Crippen MR) is 55.5 cm³/mol. The predicted octanol–water partition coefficient (Wildman–Crippen LogP) is 2.66. The van der Waals surface area contributed by atoms with E-state index in [1.807, 2.05) is 0 Å². The van der Waals surface area contributed by atoms with Gasteiger partial charge in [-0.15, -0.1) is 0 Å². The topological polar surface area (TPSA) is 33.1 Å². The van der Waals surface area contributed by atoms with Crippen LogP contribution in [0, 0.1) is 17.6 Å². The molecule has 0 atom stereocenters. The second-order valence-corrected chi connectivity index (χ2v) is 3.40. The number of hydrogen-bond acceptors (Lipinski definition) is 2. The lowest BCUT2D eigenvalue weighted by atomic mass is 10.1. The van der Waals surface area contributed by atoms with Gasteiger partial charge in [0.25, 0.3) is 0 Å². The van der Waals surface area contributed by atoms with Crippen molar-refractivity contribution < 1.29 is 18.3 Å². The molecular formula is C12H8F3NO. The Morgan fingerprint density at radius 2 is 1.76 bits per heavy atom. The molecule has 0 amide bonds. The number of aliphatic hydroxyl groups excluding tert-OH is 1. The van der Waals surface area contributed by atoms with Crippen LogP contribution in [-0.2, 0) is 6.61 Å². The Labute approximate surface area is 95.4 Å². The van der Waals surface area contributed by atoms with Crippen LogP contribution in [0.2, 0.25) is 0 Å². The molecule has 2 nitrogen and oxygen atoms in total. The van der Waals surface area contributed by atoms with Gasteiger partial charge in [0.15, 0.2) is 11.6 Å². The highest BCUT2D eigenvalue weighted by Gasteiger charge is 2.14. The summed E-state index contributed by atoms with van der Waals surface area (Å²) in [6.07, 6.45) is 0. The lowest BCUT2D eigenvalue weighted by Gasteiger charge is -2.06. The molecule has 1 N–H and O–H groups in total. The average Bonchev–Trinajstić information content (AvgIpc) is 2.33. The third-order valence-electron chi connectivity index (χ3n) is 2.31. The minimum Gasteiger partial charge on any atom is -0.390 e. The summed E-state index contributed by atoms with van der Waals surface area (Å²) in [4.78, 5) is 3.43. The first-order valence-electron chi connectivity index (χ1n) is 4.84. The van der Waals surface area contributed by atoms with Crippen molar-refractivity contribution in [3.63, 3.8) is 0 Å². The zero-order chi connectivity index (χ0) is 12.4. The van der Waals surface area contributed by atoms with Crippen LogP contribution in [-0.4, -0.2) is 10.1 Å². The van der Waals surface area contributed by atoms with Gasteiger partial charge in [-0.3, -0.25) is 0 Å². The van der Waals surface area contributed by atoms with Gasteiger partial charge in [0.1, 0.15) is 0 Å². The van der Waals surface area contributed by atoms with Gasteiger partial charge < -0.3 is 5.11 Å². The Balaban J connectivity index is 2.57. The Morgan fingerprint density at radius 3 is 2.41 bits per heavy atom. The number of benzene rings is 1. The van der Waals surface area contributed by atoms with Crippen LogP contribution in [0.5, 0.6) is 0 Å². The summed E-state index contributed by atoms with van der Waals surface area (Å²) in [5.41, 5.74) is -0.207. The molecule has 0 bridgehead atoms. The van der Waals surface area contributed by atoms with Crippen molar-refractivity contribution >= 4 is 0 Å². The molecule has 0 aliphatic heterocycles. The molecule has 0 radical (unpaired) electrons. The number of aromatic nitrogens is 1. The number of halogens is 3. The second kappa shape index (κ2) is 4.55. The van der Waals surface area contributed by atoms with E-state index in [0.29, 0.717) is 0 Å². The molecule has 1 heterocycles. The van der Waals surface area contributed by atoms with Crippen LogP contribution >= 0.6 is 0 Å².